The first-order valence-electron chi connectivity index (χ1n) is 5.44. The Morgan fingerprint density at radius 2 is 1.90 bits per heavy atom. The zero-order valence-electron chi connectivity index (χ0n) is 10.2. The molecule has 0 aliphatic carbocycles. The minimum Gasteiger partial charge on any atom is -0.481 e. The van der Waals surface area contributed by atoms with Crippen molar-refractivity contribution in [3.63, 3.8) is 0 Å². The molecule has 2 rings (SSSR count). The fourth-order valence-electron chi connectivity index (χ4n) is 1.56. The summed E-state index contributed by atoms with van der Waals surface area (Å²) in [6.45, 7) is 1.62. The monoisotopic (exact) mass is 302 g/mol. The number of rotatable bonds is 4. The van der Waals surface area contributed by atoms with E-state index < -0.39 is 23.4 Å². The Balaban J connectivity index is 2.47. The largest absolute Gasteiger partial charge is 0.481 e. The highest BCUT2D eigenvalue weighted by atomic mass is 32.2. The summed E-state index contributed by atoms with van der Waals surface area (Å²) in [5.74, 6) is -4.79. The van der Waals surface area contributed by atoms with Crippen molar-refractivity contribution in [2.24, 2.45) is 0 Å². The van der Waals surface area contributed by atoms with Crippen molar-refractivity contribution in [1.82, 2.24) is 9.78 Å². The zero-order chi connectivity index (χ0) is 14.9. The molecule has 1 aromatic heterocycles. The molecule has 106 valence electrons. The van der Waals surface area contributed by atoms with E-state index in [2.05, 4.69) is 5.10 Å². The molecule has 2 aromatic rings. The average molecular weight is 302 g/mol. The van der Waals surface area contributed by atoms with E-state index in [4.69, 9.17) is 5.11 Å². The molecule has 0 saturated carbocycles. The van der Waals surface area contributed by atoms with Crippen LogP contribution in [0.3, 0.4) is 0 Å². The predicted octanol–water partition coefficient (Wildman–Crippen LogP) is 2.77. The summed E-state index contributed by atoms with van der Waals surface area (Å²) >= 11 is 0.908. The number of aromatic nitrogens is 2. The van der Waals surface area contributed by atoms with Crippen molar-refractivity contribution in [3.8, 4) is 5.69 Å². The zero-order valence-corrected chi connectivity index (χ0v) is 11.0. The lowest BCUT2D eigenvalue weighted by molar-refractivity contribution is -0.133. The van der Waals surface area contributed by atoms with Crippen LogP contribution in [0.1, 0.15) is 5.69 Å². The van der Waals surface area contributed by atoms with Gasteiger partial charge in [-0.2, -0.15) is 5.10 Å². The van der Waals surface area contributed by atoms with Gasteiger partial charge in [0.25, 0.3) is 0 Å². The van der Waals surface area contributed by atoms with E-state index in [0.29, 0.717) is 22.9 Å². The Morgan fingerprint density at radius 1 is 1.25 bits per heavy atom. The third kappa shape index (κ3) is 2.96. The molecule has 1 aromatic carbocycles. The van der Waals surface area contributed by atoms with E-state index in [1.807, 2.05) is 0 Å². The molecule has 0 bridgehead atoms. The van der Waals surface area contributed by atoms with Crippen molar-refractivity contribution < 1.29 is 23.1 Å². The number of nitrogens with zero attached hydrogens (tertiary/aromatic N) is 2. The van der Waals surface area contributed by atoms with Crippen LogP contribution in [0.25, 0.3) is 5.69 Å². The van der Waals surface area contributed by atoms with Gasteiger partial charge in [-0.05, 0) is 13.0 Å². The molecule has 0 unspecified atom stereocenters. The second-order valence-electron chi connectivity index (χ2n) is 3.94. The van der Waals surface area contributed by atoms with Gasteiger partial charge in [-0.25, -0.2) is 17.9 Å². The molecule has 20 heavy (non-hydrogen) atoms. The maximum Gasteiger partial charge on any atom is 0.313 e. The predicted molar refractivity (Wildman–Crippen MR) is 66.5 cm³/mol. The molecule has 0 spiro atoms. The summed E-state index contributed by atoms with van der Waals surface area (Å²) in [7, 11) is 0. The Bertz CT molecular complexity index is 673. The van der Waals surface area contributed by atoms with Crippen molar-refractivity contribution in [1.29, 1.82) is 0 Å². The third-order valence-corrected chi connectivity index (χ3v) is 3.34. The number of hydrogen-bond donors (Lipinski definition) is 1. The number of hydrogen-bond acceptors (Lipinski definition) is 3. The summed E-state index contributed by atoms with van der Waals surface area (Å²) in [6.07, 6.45) is 0. The number of aryl methyl sites for hydroxylation is 1. The molecule has 1 N–H and O–H groups in total. The van der Waals surface area contributed by atoms with Gasteiger partial charge in [0.05, 0.1) is 11.4 Å². The van der Waals surface area contributed by atoms with Gasteiger partial charge in [-0.15, -0.1) is 0 Å². The number of benzene rings is 1. The molecule has 0 aliphatic rings. The SMILES string of the molecule is Cc1cc(SCC(=O)O)n(-c2cc(F)c(F)cc2F)n1. The van der Waals surface area contributed by atoms with Crippen LogP contribution in [0.15, 0.2) is 23.2 Å². The summed E-state index contributed by atoms with van der Waals surface area (Å²) in [5, 5.41) is 12.9. The van der Waals surface area contributed by atoms with E-state index in [-0.39, 0.29) is 11.4 Å². The quantitative estimate of drug-likeness (QED) is 0.697. The fraction of sp³-hybridized carbons (Fsp3) is 0.167. The first kappa shape index (κ1) is 14.4. The Labute approximate surface area is 116 Å². The van der Waals surface area contributed by atoms with Crippen LogP contribution in [0.2, 0.25) is 0 Å². The lowest BCUT2D eigenvalue weighted by Gasteiger charge is -2.08. The fourth-order valence-corrected chi connectivity index (χ4v) is 2.35. The highest BCUT2D eigenvalue weighted by molar-refractivity contribution is 7.99. The minimum atomic E-state index is -1.30. The third-order valence-electron chi connectivity index (χ3n) is 2.36. The van der Waals surface area contributed by atoms with E-state index in [1.54, 1.807) is 6.92 Å². The van der Waals surface area contributed by atoms with Crippen LogP contribution in [-0.4, -0.2) is 26.6 Å². The van der Waals surface area contributed by atoms with Gasteiger partial charge in [-0.1, -0.05) is 11.8 Å². The number of carboxylic acids is 1. The van der Waals surface area contributed by atoms with Crippen LogP contribution >= 0.6 is 11.8 Å². The molecule has 8 heteroatoms. The summed E-state index contributed by atoms with van der Waals surface area (Å²) in [6, 6.07) is 2.64. The van der Waals surface area contributed by atoms with Gasteiger partial charge in [0.15, 0.2) is 17.5 Å². The molecule has 0 saturated heterocycles. The number of carbonyl (C=O) groups is 1. The first-order valence-corrected chi connectivity index (χ1v) is 6.43. The van der Waals surface area contributed by atoms with E-state index >= 15 is 0 Å². The van der Waals surface area contributed by atoms with Gasteiger partial charge < -0.3 is 5.11 Å². The van der Waals surface area contributed by atoms with Gasteiger partial charge in [-0.3, -0.25) is 4.79 Å². The summed E-state index contributed by atoms with van der Waals surface area (Å²) < 4.78 is 40.9. The van der Waals surface area contributed by atoms with Crippen LogP contribution in [-0.2, 0) is 4.79 Å². The van der Waals surface area contributed by atoms with E-state index in [9.17, 15) is 18.0 Å². The molecule has 4 nitrogen and oxygen atoms in total. The molecule has 0 radical (unpaired) electrons. The van der Waals surface area contributed by atoms with Crippen molar-refractivity contribution in [3.05, 3.63) is 41.3 Å². The van der Waals surface area contributed by atoms with Gasteiger partial charge in [0.1, 0.15) is 10.7 Å². The highest BCUT2D eigenvalue weighted by Gasteiger charge is 2.16. The smallest absolute Gasteiger partial charge is 0.313 e. The van der Waals surface area contributed by atoms with Gasteiger partial charge >= 0.3 is 5.97 Å². The Kier molecular flexibility index (Phi) is 4.03. The van der Waals surface area contributed by atoms with Crippen LogP contribution in [0, 0.1) is 24.4 Å². The van der Waals surface area contributed by atoms with Gasteiger partial charge in [0, 0.05) is 12.1 Å². The average Bonchev–Trinajstić information content (AvgIpc) is 2.72. The molecule has 0 amide bonds. The van der Waals surface area contributed by atoms with E-state index in [0.717, 1.165) is 16.4 Å². The maximum absolute atomic E-state index is 13.7. The molecular weight excluding hydrogens is 293 g/mol. The normalized spacial score (nSPS) is 10.8. The first-order chi connectivity index (χ1) is 9.38. The second-order valence-corrected chi connectivity index (χ2v) is 4.93. The van der Waals surface area contributed by atoms with E-state index in [1.165, 1.54) is 6.07 Å². The van der Waals surface area contributed by atoms with Crippen molar-refractivity contribution >= 4 is 17.7 Å². The minimum absolute atomic E-state index is 0.254. The molecule has 0 fully saturated rings. The Hall–Kier alpha value is -1.96. The van der Waals surface area contributed by atoms with Crippen LogP contribution < -0.4 is 0 Å². The Morgan fingerprint density at radius 3 is 2.55 bits per heavy atom. The molecule has 0 aliphatic heterocycles. The summed E-state index contributed by atoms with van der Waals surface area (Å²) in [4.78, 5) is 10.6. The highest BCUT2D eigenvalue weighted by Crippen LogP contribution is 2.25. The standard InChI is InChI=1S/C12H9F3N2O2S/c1-6-2-11(20-5-12(18)19)17(16-6)10-4-8(14)7(13)3-9(10)15/h2-4H,5H2,1H3,(H,18,19). The number of carboxylic acid groups (broad SMARTS) is 1. The topological polar surface area (TPSA) is 55.1 Å². The number of thioether (sulfide) groups is 1. The number of aliphatic carboxylic acids is 1. The molecule has 0 atom stereocenters. The van der Waals surface area contributed by atoms with Crippen LogP contribution in [0.4, 0.5) is 13.2 Å². The molecule has 1 heterocycles. The lowest BCUT2D eigenvalue weighted by Crippen LogP contribution is -2.05. The number of halogens is 3. The van der Waals surface area contributed by atoms with Crippen molar-refractivity contribution in [2.45, 2.75) is 11.9 Å². The second kappa shape index (κ2) is 5.58. The maximum atomic E-state index is 13.7. The summed E-state index contributed by atoms with van der Waals surface area (Å²) in [5.41, 5.74) is 0.229. The van der Waals surface area contributed by atoms with Crippen molar-refractivity contribution in [2.75, 3.05) is 5.75 Å². The molecular formula is C12H9F3N2O2S. The van der Waals surface area contributed by atoms with Crippen LogP contribution in [0.5, 0.6) is 0 Å². The lowest BCUT2D eigenvalue weighted by atomic mass is 10.3. The van der Waals surface area contributed by atoms with Gasteiger partial charge in [0.2, 0.25) is 0 Å².